The van der Waals surface area contributed by atoms with Crippen molar-refractivity contribution in [3.8, 4) is 11.5 Å². The molecule has 0 saturated carbocycles. The fourth-order valence-corrected chi connectivity index (χ4v) is 7.83. The van der Waals surface area contributed by atoms with Crippen LogP contribution in [0, 0.1) is 6.92 Å². The topological polar surface area (TPSA) is 102 Å². The number of ketones is 1. The molecule has 2 heterocycles. The second-order valence-electron chi connectivity index (χ2n) is 11.9. The van der Waals surface area contributed by atoms with Crippen molar-refractivity contribution < 1.29 is 24.2 Å². The molecule has 0 aliphatic carbocycles. The number of carbonyl (C=O) groups excluding carboxylic acids is 2. The Bertz CT molecular complexity index is 2260. The molecule has 1 fully saturated rings. The molecule has 0 spiro atoms. The van der Waals surface area contributed by atoms with Gasteiger partial charge in [0.1, 0.15) is 30.5 Å². The standard InChI is InChI=1S/C41H33N3O5S2/c1-3-23-48-32-19-15-28(16-20-32)36-35(37(45)29-17-21-33(22-18-29)49-24-30-11-5-4-9-26(30)2)38(46)39(47)44(36)40-42-43-41(51-40)50-25-31-13-8-12-27-10-6-7-14-34(27)31/h3-22,36,45H,1,23-25H2,2H3. The van der Waals surface area contributed by atoms with Gasteiger partial charge in [-0.25, -0.2) is 0 Å². The van der Waals surface area contributed by atoms with E-state index < -0.39 is 17.7 Å². The zero-order valence-electron chi connectivity index (χ0n) is 27.7. The Morgan fingerprint density at radius 3 is 2.33 bits per heavy atom. The first-order valence-electron chi connectivity index (χ1n) is 16.3. The Hall–Kier alpha value is -5.71. The predicted octanol–water partition coefficient (Wildman–Crippen LogP) is 9.06. The number of benzene rings is 5. The lowest BCUT2D eigenvalue weighted by atomic mass is 9.95. The Morgan fingerprint density at radius 1 is 0.863 bits per heavy atom. The number of hydrogen-bond donors (Lipinski definition) is 1. The van der Waals surface area contributed by atoms with E-state index in [0.29, 0.717) is 45.9 Å². The predicted molar refractivity (Wildman–Crippen MR) is 202 cm³/mol. The van der Waals surface area contributed by atoms with Gasteiger partial charge >= 0.3 is 5.91 Å². The second-order valence-corrected chi connectivity index (χ2v) is 14.0. The number of aliphatic hydroxyl groups excluding tert-OH is 1. The van der Waals surface area contributed by atoms with Crippen molar-refractivity contribution >= 4 is 56.5 Å². The summed E-state index contributed by atoms with van der Waals surface area (Å²) in [4.78, 5) is 28.9. The van der Waals surface area contributed by atoms with Crippen LogP contribution in [0.3, 0.4) is 0 Å². The largest absolute Gasteiger partial charge is 0.507 e. The van der Waals surface area contributed by atoms with Crippen LogP contribution in [0.2, 0.25) is 0 Å². The van der Waals surface area contributed by atoms with Gasteiger partial charge < -0.3 is 14.6 Å². The Kier molecular flexibility index (Phi) is 9.96. The van der Waals surface area contributed by atoms with E-state index in [-0.39, 0.29) is 16.5 Å². The van der Waals surface area contributed by atoms with Gasteiger partial charge in [-0.15, -0.1) is 10.2 Å². The molecule has 0 radical (unpaired) electrons. The van der Waals surface area contributed by atoms with Crippen molar-refractivity contribution in [3.63, 3.8) is 0 Å². The fourth-order valence-electron chi connectivity index (χ4n) is 5.96. The number of ether oxygens (including phenoxy) is 2. The quantitative estimate of drug-likeness (QED) is 0.0335. The van der Waals surface area contributed by atoms with Gasteiger partial charge in [-0.2, -0.15) is 0 Å². The van der Waals surface area contributed by atoms with Gasteiger partial charge in [-0.3, -0.25) is 14.5 Å². The molecule has 1 aromatic heterocycles. The lowest BCUT2D eigenvalue weighted by molar-refractivity contribution is -0.132. The van der Waals surface area contributed by atoms with Crippen LogP contribution in [0.5, 0.6) is 11.5 Å². The number of rotatable bonds is 12. The van der Waals surface area contributed by atoms with Crippen LogP contribution in [-0.4, -0.2) is 33.6 Å². The number of anilines is 1. The molecule has 5 aromatic carbocycles. The molecule has 6 aromatic rings. The molecule has 0 bridgehead atoms. The van der Waals surface area contributed by atoms with Crippen molar-refractivity contribution in [2.45, 2.75) is 29.7 Å². The van der Waals surface area contributed by atoms with Gasteiger partial charge in [-0.05, 0) is 76.3 Å². The molecule has 1 aliphatic heterocycles. The first kappa shape index (κ1) is 33.8. The maximum atomic E-state index is 13.8. The fraction of sp³-hybridized carbons (Fsp3) is 0.122. The minimum absolute atomic E-state index is 0.0477. The highest BCUT2D eigenvalue weighted by Gasteiger charge is 2.48. The number of aromatic nitrogens is 2. The molecule has 254 valence electrons. The highest BCUT2D eigenvalue weighted by Crippen LogP contribution is 2.44. The number of aryl methyl sites for hydroxylation is 1. The summed E-state index contributed by atoms with van der Waals surface area (Å²) in [6, 6.07) is 35.3. The third-order valence-electron chi connectivity index (χ3n) is 8.62. The summed E-state index contributed by atoms with van der Waals surface area (Å²) in [5, 5.41) is 23.0. The van der Waals surface area contributed by atoms with Crippen molar-refractivity contribution in [1.82, 2.24) is 10.2 Å². The number of nitrogens with zero attached hydrogens (tertiary/aromatic N) is 3. The summed E-state index contributed by atoms with van der Waals surface area (Å²) in [7, 11) is 0. The molecule has 1 unspecified atom stereocenters. The van der Waals surface area contributed by atoms with Gasteiger partial charge in [0, 0.05) is 11.3 Å². The van der Waals surface area contributed by atoms with Crippen LogP contribution < -0.4 is 14.4 Å². The second kappa shape index (κ2) is 15.0. The van der Waals surface area contributed by atoms with Crippen LogP contribution in [0.4, 0.5) is 5.13 Å². The SMILES string of the molecule is C=CCOc1ccc(C2C(=C(O)c3ccc(OCc4ccccc4C)cc3)C(=O)C(=O)N2c2nnc(SCc3cccc4ccccc34)s2)cc1. The van der Waals surface area contributed by atoms with Gasteiger partial charge in [0.25, 0.3) is 5.78 Å². The van der Waals surface area contributed by atoms with Gasteiger partial charge in [-0.1, -0.05) is 115 Å². The summed E-state index contributed by atoms with van der Waals surface area (Å²) in [5.74, 6) is -0.0645. The van der Waals surface area contributed by atoms with E-state index in [4.69, 9.17) is 9.47 Å². The van der Waals surface area contributed by atoms with E-state index in [2.05, 4.69) is 41.0 Å². The van der Waals surface area contributed by atoms with Gasteiger partial charge in [0.05, 0.1) is 11.6 Å². The van der Waals surface area contributed by atoms with Gasteiger partial charge in [0.2, 0.25) is 5.13 Å². The number of aliphatic hydroxyl groups is 1. The van der Waals surface area contributed by atoms with Crippen molar-refractivity contribution in [2.75, 3.05) is 11.5 Å². The maximum Gasteiger partial charge on any atom is 0.301 e. The molecule has 1 aliphatic rings. The molecular weight excluding hydrogens is 679 g/mol. The van der Waals surface area contributed by atoms with E-state index in [1.54, 1.807) is 54.6 Å². The number of amides is 1. The molecule has 1 saturated heterocycles. The monoisotopic (exact) mass is 711 g/mol. The first-order valence-corrected chi connectivity index (χ1v) is 18.1. The third-order valence-corrected chi connectivity index (χ3v) is 10.7. The summed E-state index contributed by atoms with van der Waals surface area (Å²) >= 11 is 2.74. The molecular formula is C41H33N3O5S2. The van der Waals surface area contributed by atoms with Crippen molar-refractivity contribution in [1.29, 1.82) is 0 Å². The average Bonchev–Trinajstić information content (AvgIpc) is 3.74. The van der Waals surface area contributed by atoms with E-state index >= 15 is 0 Å². The van der Waals surface area contributed by atoms with Crippen LogP contribution >= 0.6 is 23.1 Å². The molecule has 10 heteroatoms. The van der Waals surface area contributed by atoms with Crippen LogP contribution in [0.1, 0.15) is 33.9 Å². The van der Waals surface area contributed by atoms with Crippen LogP contribution in [0.15, 0.2) is 138 Å². The molecule has 7 rings (SSSR count). The molecule has 1 N–H and O–H groups in total. The number of fused-ring (bicyclic) bond motifs is 1. The van der Waals surface area contributed by atoms with Crippen LogP contribution in [-0.2, 0) is 21.9 Å². The molecule has 1 atom stereocenters. The summed E-state index contributed by atoms with van der Waals surface area (Å²) in [6.45, 7) is 6.43. The smallest absolute Gasteiger partial charge is 0.301 e. The third kappa shape index (κ3) is 7.15. The van der Waals surface area contributed by atoms with Gasteiger partial charge in [0.15, 0.2) is 4.34 Å². The molecule has 1 amide bonds. The van der Waals surface area contributed by atoms with E-state index in [9.17, 15) is 14.7 Å². The molecule has 51 heavy (non-hydrogen) atoms. The van der Waals surface area contributed by atoms with Crippen molar-refractivity contribution in [2.24, 2.45) is 0 Å². The summed E-state index contributed by atoms with van der Waals surface area (Å²) < 4.78 is 12.3. The zero-order valence-corrected chi connectivity index (χ0v) is 29.3. The first-order chi connectivity index (χ1) is 24.9. The van der Waals surface area contributed by atoms with Crippen LogP contribution in [0.25, 0.3) is 16.5 Å². The lowest BCUT2D eigenvalue weighted by Gasteiger charge is -2.22. The maximum absolute atomic E-state index is 13.8. The Balaban J connectivity index is 1.19. The summed E-state index contributed by atoms with van der Waals surface area (Å²) in [6.07, 6.45) is 1.65. The Labute approximate surface area is 303 Å². The van der Waals surface area contributed by atoms with E-state index in [1.165, 1.54) is 28.0 Å². The molecule has 8 nitrogen and oxygen atoms in total. The minimum atomic E-state index is -0.959. The Morgan fingerprint density at radius 2 is 1.55 bits per heavy atom. The number of carbonyl (C=O) groups is 2. The summed E-state index contributed by atoms with van der Waals surface area (Å²) in [5.41, 5.74) is 4.27. The average molecular weight is 712 g/mol. The number of Topliss-reactive ketones (excluding diaryl/α,β-unsaturated/α-hetero) is 1. The normalized spacial score (nSPS) is 15.3. The lowest BCUT2D eigenvalue weighted by Crippen LogP contribution is -2.29. The van der Waals surface area contributed by atoms with Crippen molar-refractivity contribution in [3.05, 3.63) is 161 Å². The van der Waals surface area contributed by atoms with E-state index in [0.717, 1.165) is 27.5 Å². The minimum Gasteiger partial charge on any atom is -0.507 e. The highest BCUT2D eigenvalue weighted by atomic mass is 32.2. The number of thioether (sulfide) groups is 1. The highest BCUT2D eigenvalue weighted by molar-refractivity contribution is 8.00. The number of hydrogen-bond acceptors (Lipinski definition) is 9. The zero-order chi connectivity index (χ0) is 35.3. The van der Waals surface area contributed by atoms with E-state index in [1.807, 2.05) is 49.4 Å².